The third-order valence-corrected chi connectivity index (χ3v) is 3.10. The third-order valence-electron chi connectivity index (χ3n) is 3.10. The Kier molecular flexibility index (Phi) is 1.91. The predicted octanol–water partition coefficient (Wildman–Crippen LogP) is 1.96. The van der Waals surface area contributed by atoms with Crippen LogP contribution in [-0.4, -0.2) is 15.1 Å². The maximum Gasteiger partial charge on any atom is 0.254 e. The van der Waals surface area contributed by atoms with Crippen LogP contribution in [0.4, 0.5) is 0 Å². The topological polar surface area (TPSA) is 65.6 Å². The Hall–Kier alpha value is -2.82. The van der Waals surface area contributed by atoms with E-state index in [0.717, 1.165) is 16.4 Å². The van der Waals surface area contributed by atoms with Gasteiger partial charge in [-0.2, -0.15) is 0 Å². The Balaban J connectivity index is 2.29. The summed E-state index contributed by atoms with van der Waals surface area (Å²) in [5.41, 5.74) is 3.05. The van der Waals surface area contributed by atoms with Crippen molar-refractivity contribution >= 4 is 33.1 Å². The Morgan fingerprint density at radius 2 is 1.53 bits per heavy atom. The second-order valence-corrected chi connectivity index (χ2v) is 4.27. The Bertz CT molecular complexity index is 936. The first-order chi connectivity index (χ1) is 9.33. The molecule has 0 amide bonds. The zero-order valence-corrected chi connectivity index (χ0v) is 9.82. The van der Waals surface area contributed by atoms with E-state index in [0.29, 0.717) is 21.5 Å². The summed E-state index contributed by atoms with van der Waals surface area (Å²) in [6.07, 6.45) is 0. The number of nitrogens with zero attached hydrogens (tertiary/aromatic N) is 4. The van der Waals surface area contributed by atoms with Crippen LogP contribution < -0.4 is 4.85 Å². The molecular weight excluding hydrogens is 240 g/mol. The van der Waals surface area contributed by atoms with Gasteiger partial charge in [-0.3, -0.25) is 0 Å². The molecule has 4 aromatic rings. The molecule has 0 radical (unpaired) electrons. The molecule has 0 saturated carbocycles. The molecule has 2 aromatic carbocycles. The molecule has 0 N–H and O–H groups in total. The first kappa shape index (κ1) is 10.1. The largest absolute Gasteiger partial charge is 0.594 e. The Morgan fingerprint density at radius 1 is 0.842 bits per heavy atom. The molecule has 0 atom stereocenters. The molecule has 90 valence electrons. The van der Waals surface area contributed by atoms with Gasteiger partial charge in [-0.25, -0.2) is 9.97 Å². The van der Waals surface area contributed by atoms with Crippen LogP contribution in [0.15, 0.2) is 48.5 Å². The molecule has 0 spiro atoms. The van der Waals surface area contributed by atoms with Crippen molar-refractivity contribution in [3.63, 3.8) is 0 Å². The number of hydrogen-bond donors (Lipinski definition) is 0. The molecule has 0 saturated heterocycles. The smallest absolute Gasteiger partial charge is 0.254 e. The molecule has 2 aromatic heterocycles. The van der Waals surface area contributed by atoms with Gasteiger partial charge in [0.15, 0.2) is 0 Å². The van der Waals surface area contributed by atoms with Crippen molar-refractivity contribution in [2.24, 2.45) is 0 Å². The molecule has 2 heterocycles. The van der Waals surface area contributed by atoms with Gasteiger partial charge in [-0.05, 0) is 23.0 Å². The fourth-order valence-electron chi connectivity index (χ4n) is 2.22. The van der Waals surface area contributed by atoms with E-state index in [1.54, 1.807) is 12.1 Å². The van der Waals surface area contributed by atoms with E-state index in [1.807, 2.05) is 36.4 Å². The number of benzene rings is 2. The monoisotopic (exact) mass is 248 g/mol. The minimum absolute atomic E-state index is 0.368. The Morgan fingerprint density at radius 3 is 2.37 bits per heavy atom. The van der Waals surface area contributed by atoms with Crippen LogP contribution in [0, 0.1) is 5.21 Å². The molecule has 19 heavy (non-hydrogen) atoms. The first-order valence-electron chi connectivity index (χ1n) is 5.88. The van der Waals surface area contributed by atoms with Crippen LogP contribution in [0.3, 0.4) is 0 Å². The lowest BCUT2D eigenvalue weighted by Crippen LogP contribution is -2.32. The van der Waals surface area contributed by atoms with E-state index >= 15 is 0 Å². The van der Waals surface area contributed by atoms with Gasteiger partial charge in [0.1, 0.15) is 5.52 Å². The van der Waals surface area contributed by atoms with Crippen molar-refractivity contribution in [1.82, 2.24) is 15.1 Å². The predicted molar refractivity (Wildman–Crippen MR) is 71.3 cm³/mol. The Labute approximate surface area is 107 Å². The highest BCUT2D eigenvalue weighted by atomic mass is 16.5. The van der Waals surface area contributed by atoms with Crippen LogP contribution >= 0.6 is 0 Å². The molecule has 5 nitrogen and oxygen atoms in total. The standard InChI is InChI=1S/C14H8N4O/c19-18-12-8-4-1-5-9(12)13-14(17-18)16-11-7-3-2-6-10(11)15-13/h1-8H. The van der Waals surface area contributed by atoms with E-state index in [1.165, 1.54) is 0 Å². The first-order valence-corrected chi connectivity index (χ1v) is 5.88. The SMILES string of the molecule is [O-][n+]1nc2nc3ccccc3nc2c2ccccc21. The molecule has 0 aliphatic carbocycles. The zero-order chi connectivity index (χ0) is 12.8. The summed E-state index contributed by atoms with van der Waals surface area (Å²) in [6, 6.07) is 14.8. The summed E-state index contributed by atoms with van der Waals surface area (Å²) < 4.78 is 0. The second-order valence-electron chi connectivity index (χ2n) is 4.27. The normalized spacial score (nSPS) is 11.4. The van der Waals surface area contributed by atoms with E-state index in [-0.39, 0.29) is 0 Å². The minimum Gasteiger partial charge on any atom is -0.594 e. The van der Waals surface area contributed by atoms with Gasteiger partial charge in [0, 0.05) is 11.2 Å². The minimum atomic E-state index is 0.368. The van der Waals surface area contributed by atoms with E-state index in [2.05, 4.69) is 15.1 Å². The zero-order valence-electron chi connectivity index (χ0n) is 9.82. The third kappa shape index (κ3) is 1.41. The number of fused-ring (bicyclic) bond motifs is 4. The number of rotatable bonds is 0. The summed E-state index contributed by atoms with van der Waals surface area (Å²) in [6.45, 7) is 0. The van der Waals surface area contributed by atoms with Crippen molar-refractivity contribution < 1.29 is 4.85 Å². The average Bonchev–Trinajstić information content (AvgIpc) is 2.46. The molecule has 0 fully saturated rings. The molecule has 0 bridgehead atoms. The highest BCUT2D eigenvalue weighted by Crippen LogP contribution is 2.20. The lowest BCUT2D eigenvalue weighted by atomic mass is 10.2. The highest BCUT2D eigenvalue weighted by molar-refractivity contribution is 6.00. The number of aromatic nitrogens is 4. The van der Waals surface area contributed by atoms with Crippen LogP contribution in [0.1, 0.15) is 0 Å². The molecule has 0 aliphatic rings. The van der Waals surface area contributed by atoms with Gasteiger partial charge in [-0.15, -0.1) is 0 Å². The van der Waals surface area contributed by atoms with Crippen molar-refractivity contribution in [1.29, 1.82) is 0 Å². The van der Waals surface area contributed by atoms with Gasteiger partial charge in [0.2, 0.25) is 5.65 Å². The van der Waals surface area contributed by atoms with Crippen molar-refractivity contribution in [2.45, 2.75) is 0 Å². The van der Waals surface area contributed by atoms with Crippen molar-refractivity contribution in [3.8, 4) is 0 Å². The molecule has 4 rings (SSSR count). The second kappa shape index (κ2) is 3.58. The number of para-hydroxylation sites is 3. The van der Waals surface area contributed by atoms with Crippen LogP contribution in [0.5, 0.6) is 0 Å². The summed E-state index contributed by atoms with van der Waals surface area (Å²) in [5, 5.41) is 16.6. The van der Waals surface area contributed by atoms with Crippen LogP contribution in [-0.2, 0) is 0 Å². The summed E-state index contributed by atoms with van der Waals surface area (Å²) in [7, 11) is 0. The maximum absolute atomic E-state index is 11.9. The lowest BCUT2D eigenvalue weighted by Gasteiger charge is -2.03. The maximum atomic E-state index is 11.9. The lowest BCUT2D eigenvalue weighted by molar-refractivity contribution is -0.640. The molecular formula is C14H8N4O. The van der Waals surface area contributed by atoms with Crippen LogP contribution in [0.2, 0.25) is 0 Å². The number of hydrogen-bond acceptors (Lipinski definition) is 4. The van der Waals surface area contributed by atoms with E-state index in [9.17, 15) is 5.21 Å². The average molecular weight is 248 g/mol. The molecule has 0 unspecified atom stereocenters. The molecule has 0 aliphatic heterocycles. The van der Waals surface area contributed by atoms with Gasteiger partial charge in [0.05, 0.1) is 16.4 Å². The van der Waals surface area contributed by atoms with Gasteiger partial charge >= 0.3 is 0 Å². The summed E-state index contributed by atoms with van der Waals surface area (Å²) in [5.74, 6) is 0. The van der Waals surface area contributed by atoms with Crippen LogP contribution in [0.25, 0.3) is 33.1 Å². The fourth-order valence-corrected chi connectivity index (χ4v) is 2.22. The van der Waals surface area contributed by atoms with Gasteiger partial charge < -0.3 is 5.21 Å². The van der Waals surface area contributed by atoms with Crippen molar-refractivity contribution in [2.75, 3.05) is 0 Å². The van der Waals surface area contributed by atoms with E-state index in [4.69, 9.17) is 0 Å². The highest BCUT2D eigenvalue weighted by Gasteiger charge is 2.13. The quantitative estimate of drug-likeness (QED) is 0.206. The summed E-state index contributed by atoms with van der Waals surface area (Å²) in [4.78, 5) is 9.56. The fraction of sp³-hybridized carbons (Fsp3) is 0. The van der Waals surface area contributed by atoms with Crippen molar-refractivity contribution in [3.05, 3.63) is 53.7 Å². The summed E-state index contributed by atoms with van der Waals surface area (Å²) >= 11 is 0. The van der Waals surface area contributed by atoms with Gasteiger partial charge in [0.25, 0.3) is 5.52 Å². The van der Waals surface area contributed by atoms with Gasteiger partial charge in [-0.1, -0.05) is 24.3 Å². The molecule has 5 heteroatoms. The van der Waals surface area contributed by atoms with E-state index < -0.39 is 0 Å².